The number of rotatable bonds is 13. The molecule has 0 spiro atoms. The van der Waals surface area contributed by atoms with Crippen LogP contribution in [0.4, 0.5) is 0 Å². The second kappa shape index (κ2) is 13.2. The number of esters is 2. The molecule has 0 saturated carbocycles. The average Bonchev–Trinajstić information content (AvgIpc) is 2.53. The fraction of sp³-hybridized carbons (Fsp3) is 0.889. The molecule has 0 aromatic heterocycles. The third-order valence-electron chi connectivity index (χ3n) is 2.86. The number of hydrogen-bond acceptors (Lipinski definition) is 6. The van der Waals surface area contributed by atoms with Gasteiger partial charge in [0.05, 0.1) is 13.2 Å². The van der Waals surface area contributed by atoms with Crippen molar-refractivity contribution in [3.8, 4) is 0 Å². The number of carbonyl (C=O) groups is 2. The Bertz CT molecular complexity index is 319. The van der Waals surface area contributed by atoms with Gasteiger partial charge >= 0.3 is 11.9 Å². The van der Waals surface area contributed by atoms with Gasteiger partial charge in [-0.15, -0.1) is 0 Å². The maximum Gasteiger partial charge on any atom is 0.338 e. The Labute approximate surface area is 146 Å². The summed E-state index contributed by atoms with van der Waals surface area (Å²) in [5.41, 5.74) is 0. The minimum Gasteiger partial charge on any atom is -0.463 e. The summed E-state index contributed by atoms with van der Waals surface area (Å²) in [6.07, 6.45) is -0.768. The monoisotopic (exact) mass is 346 g/mol. The highest BCUT2D eigenvalue weighted by atomic mass is 16.6. The molecule has 0 rings (SSSR count). The van der Waals surface area contributed by atoms with Crippen molar-refractivity contribution in [1.82, 2.24) is 0 Å². The van der Waals surface area contributed by atoms with E-state index in [0.717, 1.165) is 12.8 Å². The first-order valence-corrected chi connectivity index (χ1v) is 8.89. The van der Waals surface area contributed by atoms with Crippen molar-refractivity contribution in [2.75, 3.05) is 26.4 Å². The Morgan fingerprint density at radius 3 is 1.29 bits per heavy atom. The molecule has 2 atom stereocenters. The van der Waals surface area contributed by atoms with Gasteiger partial charge in [-0.25, -0.2) is 9.59 Å². The molecule has 0 saturated heterocycles. The van der Waals surface area contributed by atoms with E-state index in [1.54, 1.807) is 0 Å². The predicted octanol–water partition coefficient (Wildman–Crippen LogP) is 2.98. The van der Waals surface area contributed by atoms with Crippen molar-refractivity contribution in [3.05, 3.63) is 0 Å². The Kier molecular flexibility index (Phi) is 12.6. The van der Waals surface area contributed by atoms with Crippen molar-refractivity contribution in [3.63, 3.8) is 0 Å². The second-order valence-corrected chi connectivity index (χ2v) is 6.63. The molecule has 2 unspecified atom stereocenters. The van der Waals surface area contributed by atoms with Gasteiger partial charge in [0.1, 0.15) is 0 Å². The molecule has 0 fully saturated rings. The number of hydrogen-bond donors (Lipinski definition) is 0. The smallest absolute Gasteiger partial charge is 0.338 e. The van der Waals surface area contributed by atoms with Crippen LogP contribution in [-0.2, 0) is 28.5 Å². The summed E-state index contributed by atoms with van der Waals surface area (Å²) in [5.74, 6) is -0.771. The SMILES string of the molecule is CCCOC(C(=O)OCC(C)C)C(OCCC)C(=O)OCC(C)C. The van der Waals surface area contributed by atoms with Crippen LogP contribution in [0.15, 0.2) is 0 Å². The second-order valence-electron chi connectivity index (χ2n) is 6.63. The molecule has 0 bridgehead atoms. The van der Waals surface area contributed by atoms with E-state index in [-0.39, 0.29) is 25.0 Å². The quantitative estimate of drug-likeness (QED) is 0.478. The molecule has 0 aliphatic rings. The van der Waals surface area contributed by atoms with E-state index < -0.39 is 24.1 Å². The van der Waals surface area contributed by atoms with E-state index >= 15 is 0 Å². The molecular formula is C18H34O6. The molecule has 142 valence electrons. The standard InChI is InChI=1S/C18H34O6/c1-7-9-21-15(17(19)23-11-13(3)4)16(22-10-8-2)18(20)24-12-14(5)6/h13-16H,7-12H2,1-6H3. The first kappa shape index (κ1) is 22.9. The van der Waals surface area contributed by atoms with Gasteiger partial charge in [0, 0.05) is 13.2 Å². The Morgan fingerprint density at radius 2 is 1.04 bits per heavy atom. The van der Waals surface area contributed by atoms with Crippen LogP contribution < -0.4 is 0 Å². The highest BCUT2D eigenvalue weighted by molar-refractivity contribution is 5.85. The van der Waals surface area contributed by atoms with Crippen LogP contribution in [0.1, 0.15) is 54.4 Å². The molecule has 0 aliphatic carbocycles. The lowest BCUT2D eigenvalue weighted by molar-refractivity contribution is -0.184. The molecule has 0 aromatic rings. The van der Waals surface area contributed by atoms with Gasteiger partial charge in [-0.3, -0.25) is 0 Å². The van der Waals surface area contributed by atoms with Crippen molar-refractivity contribution in [1.29, 1.82) is 0 Å². The number of carbonyl (C=O) groups excluding carboxylic acids is 2. The largest absolute Gasteiger partial charge is 0.463 e. The summed E-state index contributed by atoms with van der Waals surface area (Å²) in [5, 5.41) is 0. The lowest BCUT2D eigenvalue weighted by Crippen LogP contribution is -2.46. The number of ether oxygens (including phenoxy) is 4. The summed E-state index contributed by atoms with van der Waals surface area (Å²) < 4.78 is 21.6. The van der Waals surface area contributed by atoms with Crippen molar-refractivity contribution >= 4 is 11.9 Å². The Hall–Kier alpha value is -1.14. The van der Waals surface area contributed by atoms with Crippen molar-refractivity contribution in [2.24, 2.45) is 11.8 Å². The lowest BCUT2D eigenvalue weighted by atomic mass is 10.2. The summed E-state index contributed by atoms with van der Waals surface area (Å²) >= 11 is 0. The molecule has 0 N–H and O–H groups in total. The molecule has 0 heterocycles. The lowest BCUT2D eigenvalue weighted by Gasteiger charge is -2.25. The summed E-state index contributed by atoms with van der Waals surface area (Å²) in [4.78, 5) is 24.7. The predicted molar refractivity (Wildman–Crippen MR) is 91.7 cm³/mol. The Morgan fingerprint density at radius 1 is 0.708 bits per heavy atom. The molecule has 6 heteroatoms. The van der Waals surface area contributed by atoms with E-state index in [1.165, 1.54) is 0 Å². The molecule has 24 heavy (non-hydrogen) atoms. The highest BCUT2D eigenvalue weighted by Gasteiger charge is 2.38. The van der Waals surface area contributed by atoms with Crippen molar-refractivity contribution < 1.29 is 28.5 Å². The molecule has 0 amide bonds. The van der Waals surface area contributed by atoms with E-state index in [9.17, 15) is 9.59 Å². The van der Waals surface area contributed by atoms with Crippen LogP contribution >= 0.6 is 0 Å². The van der Waals surface area contributed by atoms with Crippen LogP contribution in [0.25, 0.3) is 0 Å². The summed E-state index contributed by atoms with van der Waals surface area (Å²) in [6, 6.07) is 0. The fourth-order valence-corrected chi connectivity index (χ4v) is 1.71. The molecule has 0 radical (unpaired) electrons. The van der Waals surface area contributed by atoms with Gasteiger partial charge in [-0.2, -0.15) is 0 Å². The van der Waals surface area contributed by atoms with Gasteiger partial charge < -0.3 is 18.9 Å². The third-order valence-corrected chi connectivity index (χ3v) is 2.86. The van der Waals surface area contributed by atoms with Gasteiger partial charge in [0.2, 0.25) is 0 Å². The van der Waals surface area contributed by atoms with Crippen LogP contribution in [0.5, 0.6) is 0 Å². The first-order chi connectivity index (χ1) is 11.3. The maximum absolute atomic E-state index is 12.4. The highest BCUT2D eigenvalue weighted by Crippen LogP contribution is 2.12. The first-order valence-electron chi connectivity index (χ1n) is 8.89. The normalized spacial score (nSPS) is 13.8. The summed E-state index contributed by atoms with van der Waals surface area (Å²) in [6.45, 7) is 12.8. The van der Waals surface area contributed by atoms with Crippen LogP contribution in [-0.4, -0.2) is 50.6 Å². The van der Waals surface area contributed by atoms with E-state index in [2.05, 4.69) is 0 Å². The van der Waals surface area contributed by atoms with Crippen LogP contribution in [0.2, 0.25) is 0 Å². The molecule has 0 aliphatic heterocycles. The zero-order valence-electron chi connectivity index (χ0n) is 16.0. The Balaban J connectivity index is 5.07. The minimum atomic E-state index is -1.10. The minimum absolute atomic E-state index is 0.198. The van der Waals surface area contributed by atoms with Crippen LogP contribution in [0.3, 0.4) is 0 Å². The van der Waals surface area contributed by atoms with Crippen LogP contribution in [0, 0.1) is 11.8 Å². The average molecular weight is 346 g/mol. The zero-order valence-corrected chi connectivity index (χ0v) is 16.0. The maximum atomic E-state index is 12.4. The van der Waals surface area contributed by atoms with Crippen molar-refractivity contribution in [2.45, 2.75) is 66.6 Å². The van der Waals surface area contributed by atoms with Gasteiger partial charge in [-0.1, -0.05) is 41.5 Å². The van der Waals surface area contributed by atoms with E-state index in [4.69, 9.17) is 18.9 Å². The topological polar surface area (TPSA) is 71.1 Å². The third kappa shape index (κ3) is 9.88. The fourth-order valence-electron chi connectivity index (χ4n) is 1.71. The summed E-state index contributed by atoms with van der Waals surface area (Å²) in [7, 11) is 0. The molecule has 0 aromatic carbocycles. The zero-order chi connectivity index (χ0) is 18.5. The van der Waals surface area contributed by atoms with Gasteiger partial charge in [0.25, 0.3) is 0 Å². The van der Waals surface area contributed by atoms with Gasteiger partial charge in [0.15, 0.2) is 12.2 Å². The molecule has 6 nitrogen and oxygen atoms in total. The van der Waals surface area contributed by atoms with E-state index in [1.807, 2.05) is 41.5 Å². The van der Waals surface area contributed by atoms with E-state index in [0.29, 0.717) is 13.2 Å². The van der Waals surface area contributed by atoms with Gasteiger partial charge in [-0.05, 0) is 24.7 Å². The molecular weight excluding hydrogens is 312 g/mol.